The van der Waals surface area contributed by atoms with Crippen LogP contribution < -0.4 is 10.1 Å². The van der Waals surface area contributed by atoms with Crippen molar-refractivity contribution in [2.75, 3.05) is 20.2 Å². The third kappa shape index (κ3) is 3.07. The lowest BCUT2D eigenvalue weighted by molar-refractivity contribution is 0.103. The van der Waals surface area contributed by atoms with Crippen molar-refractivity contribution in [3.63, 3.8) is 0 Å². The van der Waals surface area contributed by atoms with E-state index in [9.17, 15) is 0 Å². The SMILES string of the molecule is COc1ccc(CN2CCC(N[C@@H]3C[C@H]4CC[C@]3(C)C4(C)C)CC2)cc1. The van der Waals surface area contributed by atoms with Crippen molar-refractivity contribution in [1.29, 1.82) is 0 Å². The Morgan fingerprint density at radius 3 is 2.31 bits per heavy atom. The van der Waals surface area contributed by atoms with Crippen LogP contribution in [0.5, 0.6) is 5.75 Å². The lowest BCUT2D eigenvalue weighted by Gasteiger charge is -2.42. The highest BCUT2D eigenvalue weighted by Crippen LogP contribution is 2.65. The van der Waals surface area contributed by atoms with Gasteiger partial charge in [-0.2, -0.15) is 0 Å². The molecule has 2 aliphatic carbocycles. The summed E-state index contributed by atoms with van der Waals surface area (Å²) in [6.07, 6.45) is 6.83. The van der Waals surface area contributed by atoms with Crippen molar-refractivity contribution in [3.8, 4) is 5.75 Å². The standard InChI is InChI=1S/C23H36N2O/c1-22(2)18-9-12-23(22,3)21(15-18)24-19-10-13-25(14-11-19)16-17-5-7-20(26-4)8-6-17/h5-8,18-19,21,24H,9-16H2,1-4H3/t18-,21-,23+/m1/s1. The van der Waals surface area contributed by atoms with Gasteiger partial charge in [-0.3, -0.25) is 4.90 Å². The molecule has 3 heteroatoms. The first-order valence-corrected chi connectivity index (χ1v) is 10.5. The first-order valence-electron chi connectivity index (χ1n) is 10.5. The smallest absolute Gasteiger partial charge is 0.118 e. The molecule has 0 radical (unpaired) electrons. The minimum absolute atomic E-state index is 0.498. The third-order valence-electron chi connectivity index (χ3n) is 8.38. The number of ether oxygens (including phenoxy) is 1. The zero-order chi connectivity index (χ0) is 18.4. The Balaban J connectivity index is 1.28. The van der Waals surface area contributed by atoms with Crippen LogP contribution in [-0.2, 0) is 6.54 Å². The second kappa shape index (κ2) is 6.83. The van der Waals surface area contributed by atoms with Crippen molar-refractivity contribution in [1.82, 2.24) is 10.2 Å². The lowest BCUT2D eigenvalue weighted by atomic mass is 9.69. The van der Waals surface area contributed by atoms with E-state index in [0.717, 1.165) is 24.3 Å². The van der Waals surface area contributed by atoms with Gasteiger partial charge in [0.15, 0.2) is 0 Å². The predicted octanol–water partition coefficient (Wildman–Crippen LogP) is 4.46. The molecule has 0 aromatic heterocycles. The van der Waals surface area contributed by atoms with Crippen molar-refractivity contribution in [2.45, 2.75) is 71.5 Å². The molecule has 1 heterocycles. The van der Waals surface area contributed by atoms with Crippen LogP contribution >= 0.6 is 0 Å². The lowest BCUT2D eigenvalue weighted by Crippen LogP contribution is -2.51. The predicted molar refractivity (Wildman–Crippen MR) is 107 cm³/mol. The van der Waals surface area contributed by atoms with Crippen molar-refractivity contribution in [3.05, 3.63) is 29.8 Å². The second-order valence-electron chi connectivity index (χ2n) is 9.73. The zero-order valence-electron chi connectivity index (χ0n) is 17.1. The van der Waals surface area contributed by atoms with E-state index in [4.69, 9.17) is 4.74 Å². The van der Waals surface area contributed by atoms with Gasteiger partial charge in [0.2, 0.25) is 0 Å². The summed E-state index contributed by atoms with van der Waals surface area (Å²) in [5, 5.41) is 4.10. The van der Waals surface area contributed by atoms with E-state index >= 15 is 0 Å². The number of benzene rings is 1. The normalized spacial score (nSPS) is 34.3. The Morgan fingerprint density at radius 1 is 1.08 bits per heavy atom. The highest BCUT2D eigenvalue weighted by atomic mass is 16.5. The van der Waals surface area contributed by atoms with Crippen molar-refractivity contribution in [2.24, 2.45) is 16.7 Å². The molecule has 26 heavy (non-hydrogen) atoms. The number of nitrogens with one attached hydrogen (secondary N) is 1. The second-order valence-corrected chi connectivity index (χ2v) is 9.73. The fraction of sp³-hybridized carbons (Fsp3) is 0.739. The molecule has 0 spiro atoms. The molecule has 4 rings (SSSR count). The van der Waals surface area contributed by atoms with Crippen LogP contribution in [0, 0.1) is 16.7 Å². The fourth-order valence-electron chi connectivity index (χ4n) is 5.99. The van der Waals surface area contributed by atoms with E-state index in [1.165, 1.54) is 50.8 Å². The van der Waals surface area contributed by atoms with Crippen molar-refractivity contribution < 1.29 is 4.74 Å². The maximum atomic E-state index is 5.26. The Morgan fingerprint density at radius 2 is 1.77 bits per heavy atom. The van der Waals surface area contributed by atoms with Crippen LogP contribution in [0.1, 0.15) is 58.4 Å². The Kier molecular flexibility index (Phi) is 4.81. The van der Waals surface area contributed by atoms with Crippen LogP contribution in [0.15, 0.2) is 24.3 Å². The molecule has 1 aromatic rings. The summed E-state index contributed by atoms with van der Waals surface area (Å²) in [6, 6.07) is 9.97. The Labute approximate surface area is 159 Å². The van der Waals surface area contributed by atoms with Gasteiger partial charge in [-0.15, -0.1) is 0 Å². The number of rotatable bonds is 5. The molecule has 3 atom stereocenters. The van der Waals surface area contributed by atoms with Gasteiger partial charge in [0.25, 0.3) is 0 Å². The van der Waals surface area contributed by atoms with Gasteiger partial charge in [0.05, 0.1) is 7.11 Å². The summed E-state index contributed by atoms with van der Waals surface area (Å²) < 4.78 is 5.26. The quantitative estimate of drug-likeness (QED) is 0.843. The van der Waals surface area contributed by atoms with Gasteiger partial charge < -0.3 is 10.1 Å². The molecule has 3 nitrogen and oxygen atoms in total. The summed E-state index contributed by atoms with van der Waals surface area (Å²) in [7, 11) is 1.73. The average Bonchev–Trinajstić information content (AvgIpc) is 2.97. The summed E-state index contributed by atoms with van der Waals surface area (Å²) in [4.78, 5) is 2.60. The van der Waals surface area contributed by atoms with Gasteiger partial charge in [-0.1, -0.05) is 32.9 Å². The Hall–Kier alpha value is -1.06. The number of likely N-dealkylation sites (tertiary alicyclic amines) is 1. The summed E-state index contributed by atoms with van der Waals surface area (Å²) in [6.45, 7) is 11.1. The molecule has 3 fully saturated rings. The van der Waals surface area contributed by atoms with Gasteiger partial charge in [0, 0.05) is 18.6 Å². The number of fused-ring (bicyclic) bond motifs is 2. The Bertz CT molecular complexity index is 618. The van der Waals surface area contributed by atoms with Crippen LogP contribution in [0.2, 0.25) is 0 Å². The maximum Gasteiger partial charge on any atom is 0.118 e. The minimum Gasteiger partial charge on any atom is -0.497 e. The third-order valence-corrected chi connectivity index (χ3v) is 8.38. The first-order chi connectivity index (χ1) is 12.4. The number of hydrogen-bond donors (Lipinski definition) is 1. The average molecular weight is 357 g/mol. The molecule has 2 saturated carbocycles. The van der Waals surface area contributed by atoms with Crippen molar-refractivity contribution >= 4 is 0 Å². The van der Waals surface area contributed by atoms with Crippen LogP contribution in [-0.4, -0.2) is 37.2 Å². The largest absolute Gasteiger partial charge is 0.497 e. The fourth-order valence-corrected chi connectivity index (χ4v) is 5.99. The molecule has 0 unspecified atom stereocenters. The van der Waals surface area contributed by atoms with Gasteiger partial charge >= 0.3 is 0 Å². The summed E-state index contributed by atoms with van der Waals surface area (Å²) in [5.74, 6) is 1.87. The number of hydrogen-bond acceptors (Lipinski definition) is 3. The first kappa shape index (κ1) is 18.3. The molecule has 1 N–H and O–H groups in total. The molecular weight excluding hydrogens is 320 g/mol. The maximum absolute atomic E-state index is 5.26. The van der Waals surface area contributed by atoms with Crippen LogP contribution in [0.4, 0.5) is 0 Å². The van der Waals surface area contributed by atoms with E-state index in [1.54, 1.807) is 7.11 Å². The van der Waals surface area contributed by atoms with Gasteiger partial charge in [-0.25, -0.2) is 0 Å². The molecule has 144 valence electrons. The van der Waals surface area contributed by atoms with Gasteiger partial charge in [0.1, 0.15) is 5.75 Å². The highest BCUT2D eigenvalue weighted by molar-refractivity contribution is 5.27. The molecule has 2 bridgehead atoms. The molecule has 0 amide bonds. The summed E-state index contributed by atoms with van der Waals surface area (Å²) in [5.41, 5.74) is 2.40. The van der Waals surface area contributed by atoms with Crippen LogP contribution in [0.25, 0.3) is 0 Å². The van der Waals surface area contributed by atoms with E-state index in [2.05, 4.69) is 55.3 Å². The van der Waals surface area contributed by atoms with E-state index in [1.807, 2.05) is 0 Å². The zero-order valence-corrected chi connectivity index (χ0v) is 17.1. The molecule has 1 aliphatic heterocycles. The monoisotopic (exact) mass is 356 g/mol. The molecule has 3 aliphatic rings. The molecule has 1 aromatic carbocycles. The van der Waals surface area contributed by atoms with Gasteiger partial charge in [-0.05, 0) is 79.6 Å². The number of nitrogens with zero attached hydrogens (tertiary/aromatic N) is 1. The topological polar surface area (TPSA) is 24.5 Å². The van der Waals surface area contributed by atoms with E-state index in [0.29, 0.717) is 16.9 Å². The number of piperidine rings is 1. The number of methoxy groups -OCH3 is 1. The molecule has 1 saturated heterocycles. The molecular formula is C23H36N2O. The van der Waals surface area contributed by atoms with Crippen LogP contribution in [0.3, 0.4) is 0 Å². The minimum atomic E-state index is 0.498. The van der Waals surface area contributed by atoms with E-state index < -0.39 is 0 Å². The highest BCUT2D eigenvalue weighted by Gasteiger charge is 2.61. The summed E-state index contributed by atoms with van der Waals surface area (Å²) >= 11 is 0. The van der Waals surface area contributed by atoms with E-state index in [-0.39, 0.29) is 0 Å².